The van der Waals surface area contributed by atoms with Crippen molar-refractivity contribution in [3.8, 4) is 5.88 Å². The monoisotopic (exact) mass is 436 g/mol. The zero-order chi connectivity index (χ0) is 21.4. The van der Waals surface area contributed by atoms with Gasteiger partial charge in [-0.05, 0) is 33.3 Å². The standard InChI is InChI=1S/C21H26ClFN4OS/c1-5-7-9-15(24)10-14(8-6-2)18-12-29-21(25-18)27-19-17(23)11-16(22)20(26-19)28-13(3)4/h6,8-13H,5,7,24H2,1-4H3,(H,25,26,27)/b8-6-,14-10+,15-9+. The Bertz CT molecular complexity index is 921. The molecule has 0 fully saturated rings. The molecule has 5 nitrogen and oxygen atoms in total. The second-order valence-corrected chi connectivity index (χ2v) is 7.79. The number of thiazole rings is 1. The zero-order valence-corrected chi connectivity index (χ0v) is 18.6. The van der Waals surface area contributed by atoms with E-state index in [9.17, 15) is 4.39 Å². The van der Waals surface area contributed by atoms with Crippen molar-refractivity contribution in [3.63, 3.8) is 0 Å². The van der Waals surface area contributed by atoms with Gasteiger partial charge in [0.25, 0.3) is 0 Å². The lowest BCUT2D eigenvalue weighted by Crippen LogP contribution is -2.09. The Morgan fingerprint density at radius 3 is 2.83 bits per heavy atom. The number of unbranched alkanes of at least 4 members (excludes halogenated alkanes) is 1. The number of ether oxygens (including phenoxy) is 1. The van der Waals surface area contributed by atoms with Crippen molar-refractivity contribution in [2.45, 2.75) is 46.6 Å². The highest BCUT2D eigenvalue weighted by Gasteiger charge is 2.15. The van der Waals surface area contributed by atoms with E-state index in [1.165, 1.54) is 17.4 Å². The number of halogens is 2. The summed E-state index contributed by atoms with van der Waals surface area (Å²) in [6.07, 6.45) is 9.52. The first-order valence-electron chi connectivity index (χ1n) is 9.39. The summed E-state index contributed by atoms with van der Waals surface area (Å²) in [6, 6.07) is 1.17. The number of rotatable bonds is 9. The molecular weight excluding hydrogens is 411 g/mol. The number of pyridine rings is 1. The van der Waals surface area contributed by atoms with Gasteiger partial charge in [-0.15, -0.1) is 11.3 Å². The average Bonchev–Trinajstić information content (AvgIpc) is 3.11. The molecule has 2 aromatic heterocycles. The largest absolute Gasteiger partial charge is 0.474 e. The fourth-order valence-electron chi connectivity index (χ4n) is 2.34. The van der Waals surface area contributed by atoms with E-state index in [-0.39, 0.29) is 22.8 Å². The minimum Gasteiger partial charge on any atom is -0.474 e. The van der Waals surface area contributed by atoms with Crippen LogP contribution in [0, 0.1) is 5.82 Å². The van der Waals surface area contributed by atoms with Gasteiger partial charge in [-0.1, -0.05) is 43.2 Å². The van der Waals surface area contributed by atoms with Gasteiger partial charge in [0.1, 0.15) is 5.02 Å². The fraction of sp³-hybridized carbons (Fsp3) is 0.333. The van der Waals surface area contributed by atoms with Crippen LogP contribution in [0.1, 0.15) is 46.2 Å². The van der Waals surface area contributed by atoms with Gasteiger partial charge >= 0.3 is 0 Å². The quantitative estimate of drug-likeness (QED) is 0.441. The molecule has 3 N–H and O–H groups in total. The van der Waals surface area contributed by atoms with Crippen molar-refractivity contribution in [3.05, 3.63) is 58.0 Å². The van der Waals surface area contributed by atoms with Crippen LogP contribution in [0.3, 0.4) is 0 Å². The van der Waals surface area contributed by atoms with E-state index in [1.807, 2.05) is 50.5 Å². The molecule has 2 heterocycles. The number of nitrogens with two attached hydrogens (primary N) is 1. The summed E-state index contributed by atoms with van der Waals surface area (Å²) in [5, 5.41) is 5.39. The van der Waals surface area contributed by atoms with Gasteiger partial charge in [0, 0.05) is 22.7 Å². The normalized spacial score (nSPS) is 12.8. The maximum absolute atomic E-state index is 14.3. The van der Waals surface area contributed by atoms with Gasteiger partial charge in [-0.2, -0.15) is 4.98 Å². The first-order chi connectivity index (χ1) is 13.8. The minimum absolute atomic E-state index is 0.00451. The lowest BCUT2D eigenvalue weighted by atomic mass is 10.1. The van der Waals surface area contributed by atoms with Crippen LogP contribution in [0.5, 0.6) is 5.88 Å². The van der Waals surface area contributed by atoms with Crippen molar-refractivity contribution in [1.82, 2.24) is 9.97 Å². The lowest BCUT2D eigenvalue weighted by molar-refractivity contribution is 0.232. The number of hydrogen-bond acceptors (Lipinski definition) is 6. The molecule has 0 bridgehead atoms. The van der Waals surface area contributed by atoms with Gasteiger partial charge in [0.05, 0.1) is 11.8 Å². The van der Waals surface area contributed by atoms with Crippen LogP contribution in [0.25, 0.3) is 5.57 Å². The van der Waals surface area contributed by atoms with Crippen LogP contribution < -0.4 is 15.8 Å². The highest BCUT2D eigenvalue weighted by molar-refractivity contribution is 7.13. The summed E-state index contributed by atoms with van der Waals surface area (Å²) in [5.74, 6) is -0.408. The Balaban J connectivity index is 2.28. The molecule has 0 aliphatic rings. The summed E-state index contributed by atoms with van der Waals surface area (Å²) in [5.41, 5.74) is 8.36. The third-order valence-corrected chi connectivity index (χ3v) is 4.64. The van der Waals surface area contributed by atoms with Gasteiger partial charge < -0.3 is 15.8 Å². The summed E-state index contributed by atoms with van der Waals surface area (Å²) in [7, 11) is 0. The molecule has 0 unspecified atom stereocenters. The molecule has 156 valence electrons. The number of allylic oxidation sites excluding steroid dienone is 5. The molecule has 0 atom stereocenters. The molecule has 2 aromatic rings. The van der Waals surface area contributed by atoms with Gasteiger partial charge in [-0.25, -0.2) is 9.37 Å². The Labute approximate surface area is 180 Å². The van der Waals surface area contributed by atoms with Crippen LogP contribution in [0.15, 0.2) is 41.4 Å². The van der Waals surface area contributed by atoms with E-state index in [0.717, 1.165) is 24.1 Å². The van der Waals surface area contributed by atoms with Crippen molar-refractivity contribution < 1.29 is 9.13 Å². The first-order valence-corrected chi connectivity index (χ1v) is 10.6. The van der Waals surface area contributed by atoms with Gasteiger partial charge in [-0.3, -0.25) is 0 Å². The van der Waals surface area contributed by atoms with Crippen LogP contribution in [-0.2, 0) is 0 Å². The zero-order valence-electron chi connectivity index (χ0n) is 17.0. The Morgan fingerprint density at radius 2 is 2.17 bits per heavy atom. The Hall–Kier alpha value is -2.38. The summed E-state index contributed by atoms with van der Waals surface area (Å²) >= 11 is 7.35. The Morgan fingerprint density at radius 1 is 1.41 bits per heavy atom. The smallest absolute Gasteiger partial charge is 0.235 e. The molecule has 0 radical (unpaired) electrons. The topological polar surface area (TPSA) is 73.1 Å². The highest BCUT2D eigenvalue weighted by Crippen LogP contribution is 2.31. The second kappa shape index (κ2) is 11.0. The SMILES string of the molecule is C\C=C/C(=C\C(N)=C/CCC)c1csc(Nc2nc(OC(C)C)c(Cl)cc2F)n1. The Kier molecular flexibility index (Phi) is 8.67. The molecule has 0 aromatic carbocycles. The van der Waals surface area contributed by atoms with Crippen LogP contribution in [0.2, 0.25) is 5.02 Å². The number of hydrogen-bond donors (Lipinski definition) is 2. The fourth-order valence-corrected chi connectivity index (χ4v) is 3.25. The summed E-state index contributed by atoms with van der Waals surface area (Å²) < 4.78 is 19.8. The molecular formula is C21H26ClFN4OS. The van der Waals surface area contributed by atoms with Crippen molar-refractivity contribution in [1.29, 1.82) is 0 Å². The molecule has 0 saturated carbocycles. The van der Waals surface area contributed by atoms with E-state index in [1.54, 1.807) is 0 Å². The van der Waals surface area contributed by atoms with Crippen LogP contribution in [-0.4, -0.2) is 16.1 Å². The van der Waals surface area contributed by atoms with E-state index < -0.39 is 5.82 Å². The summed E-state index contributed by atoms with van der Waals surface area (Å²) in [6.45, 7) is 7.71. The van der Waals surface area contributed by atoms with Crippen LogP contribution >= 0.6 is 22.9 Å². The van der Waals surface area contributed by atoms with E-state index in [2.05, 4.69) is 22.2 Å². The first kappa shape index (κ1) is 22.9. The minimum atomic E-state index is -0.584. The second-order valence-electron chi connectivity index (χ2n) is 6.53. The third kappa shape index (κ3) is 6.87. The molecule has 29 heavy (non-hydrogen) atoms. The van der Waals surface area contributed by atoms with Gasteiger partial charge in [0.15, 0.2) is 16.8 Å². The van der Waals surface area contributed by atoms with Gasteiger partial charge in [0.2, 0.25) is 5.88 Å². The number of aromatic nitrogens is 2. The maximum Gasteiger partial charge on any atom is 0.235 e. The summed E-state index contributed by atoms with van der Waals surface area (Å²) in [4.78, 5) is 8.69. The predicted molar refractivity (Wildman–Crippen MR) is 120 cm³/mol. The predicted octanol–water partition coefficient (Wildman–Crippen LogP) is 6.46. The lowest BCUT2D eigenvalue weighted by Gasteiger charge is -2.12. The molecule has 0 saturated heterocycles. The molecule has 0 amide bonds. The van der Waals surface area contributed by atoms with E-state index in [0.29, 0.717) is 10.8 Å². The number of nitrogens with zero attached hydrogens (tertiary/aromatic N) is 2. The number of nitrogens with one attached hydrogen (secondary N) is 1. The molecule has 0 spiro atoms. The van der Waals surface area contributed by atoms with Crippen LogP contribution in [0.4, 0.5) is 15.3 Å². The number of anilines is 2. The van der Waals surface area contributed by atoms with Crippen molar-refractivity contribution in [2.24, 2.45) is 5.73 Å². The molecule has 0 aliphatic heterocycles. The maximum atomic E-state index is 14.3. The third-order valence-electron chi connectivity index (χ3n) is 3.61. The molecule has 8 heteroatoms. The van der Waals surface area contributed by atoms with Crippen molar-refractivity contribution in [2.75, 3.05) is 5.32 Å². The average molecular weight is 437 g/mol. The molecule has 0 aliphatic carbocycles. The van der Waals surface area contributed by atoms with Crippen molar-refractivity contribution >= 4 is 39.5 Å². The van der Waals surface area contributed by atoms with E-state index >= 15 is 0 Å². The molecule has 2 rings (SSSR count). The highest BCUT2D eigenvalue weighted by atomic mass is 35.5. The van der Waals surface area contributed by atoms with E-state index in [4.69, 9.17) is 22.1 Å².